The number of halogens is 2. The lowest BCUT2D eigenvalue weighted by Crippen LogP contribution is -2.42. The summed E-state index contributed by atoms with van der Waals surface area (Å²) in [6.07, 6.45) is 2.66. The van der Waals surface area contributed by atoms with Gasteiger partial charge in [0.05, 0.1) is 25.0 Å². The zero-order chi connectivity index (χ0) is 17.7. The van der Waals surface area contributed by atoms with E-state index in [1.54, 1.807) is 6.92 Å². The number of aliphatic hydroxyl groups excluding tert-OH is 2. The molecule has 2 atom stereocenters. The Morgan fingerprint density at radius 3 is 2.54 bits per heavy atom. The number of nitrogens with zero attached hydrogens (tertiary/aromatic N) is 3. The first kappa shape index (κ1) is 18.8. The maximum absolute atomic E-state index is 14.3. The zero-order valence-electron chi connectivity index (χ0n) is 13.0. The van der Waals surface area contributed by atoms with Crippen LogP contribution >= 0.6 is 11.8 Å². The van der Waals surface area contributed by atoms with Crippen LogP contribution in [0.15, 0.2) is 30.9 Å². The summed E-state index contributed by atoms with van der Waals surface area (Å²) in [5.74, 6) is -1.63. The van der Waals surface area contributed by atoms with Gasteiger partial charge in [-0.15, -0.1) is 11.8 Å². The Hall–Kier alpha value is -1.55. The van der Waals surface area contributed by atoms with Crippen molar-refractivity contribution in [3.63, 3.8) is 0 Å². The minimum Gasteiger partial charge on any atom is -0.395 e. The van der Waals surface area contributed by atoms with Gasteiger partial charge >= 0.3 is 0 Å². The fraction of sp³-hybridized carbons (Fsp3) is 0.467. The maximum atomic E-state index is 14.3. The fourth-order valence-corrected chi connectivity index (χ4v) is 3.56. The van der Waals surface area contributed by atoms with Crippen molar-refractivity contribution in [1.82, 2.24) is 14.8 Å². The van der Waals surface area contributed by atoms with E-state index in [1.807, 2.05) is 0 Å². The van der Waals surface area contributed by atoms with Crippen LogP contribution < -0.4 is 0 Å². The second kappa shape index (κ2) is 8.02. The van der Waals surface area contributed by atoms with E-state index in [9.17, 15) is 24.1 Å². The second-order valence-corrected chi connectivity index (χ2v) is 7.05. The minimum absolute atomic E-state index is 0.0889. The van der Waals surface area contributed by atoms with Gasteiger partial charge in [-0.2, -0.15) is 5.10 Å². The predicted octanol–water partition coefficient (Wildman–Crippen LogP) is 0.919. The van der Waals surface area contributed by atoms with Crippen LogP contribution in [-0.4, -0.2) is 53.8 Å². The summed E-state index contributed by atoms with van der Waals surface area (Å²) in [6.45, 7) is 0.934. The van der Waals surface area contributed by atoms with Gasteiger partial charge in [-0.05, 0) is 6.07 Å². The summed E-state index contributed by atoms with van der Waals surface area (Å²) < 4.78 is 28.8. The van der Waals surface area contributed by atoms with E-state index in [4.69, 9.17) is 0 Å². The number of benzene rings is 1. The van der Waals surface area contributed by atoms with Crippen LogP contribution in [-0.2, 0) is 12.1 Å². The van der Waals surface area contributed by atoms with Crippen LogP contribution in [0.3, 0.4) is 0 Å². The van der Waals surface area contributed by atoms with Crippen LogP contribution in [0.25, 0.3) is 0 Å². The number of aliphatic hydroxyl groups is 3. The molecule has 1 aromatic carbocycles. The van der Waals surface area contributed by atoms with Gasteiger partial charge in [-0.1, -0.05) is 13.0 Å². The van der Waals surface area contributed by atoms with Crippen molar-refractivity contribution in [2.45, 2.75) is 29.6 Å². The van der Waals surface area contributed by atoms with Crippen molar-refractivity contribution in [2.75, 3.05) is 13.2 Å². The molecule has 0 amide bonds. The van der Waals surface area contributed by atoms with Crippen molar-refractivity contribution in [2.24, 2.45) is 0 Å². The fourth-order valence-electron chi connectivity index (χ4n) is 2.38. The van der Waals surface area contributed by atoms with Crippen LogP contribution in [0, 0.1) is 11.6 Å². The van der Waals surface area contributed by atoms with Gasteiger partial charge < -0.3 is 15.3 Å². The molecule has 6 nitrogen and oxygen atoms in total. The Morgan fingerprint density at radius 2 is 2.00 bits per heavy atom. The van der Waals surface area contributed by atoms with Gasteiger partial charge in [-0.25, -0.2) is 18.4 Å². The third-order valence-electron chi connectivity index (χ3n) is 3.74. The molecule has 0 aliphatic heterocycles. The van der Waals surface area contributed by atoms with Crippen LogP contribution in [0.1, 0.15) is 12.5 Å². The molecular weight excluding hydrogens is 340 g/mol. The summed E-state index contributed by atoms with van der Waals surface area (Å²) in [5.41, 5.74) is -1.84. The molecular formula is C15H19F2N3O3S. The second-order valence-electron chi connectivity index (χ2n) is 5.41. The van der Waals surface area contributed by atoms with Crippen LogP contribution in [0.4, 0.5) is 8.78 Å². The Bertz CT molecular complexity index is 655. The van der Waals surface area contributed by atoms with Crippen LogP contribution in [0.2, 0.25) is 0 Å². The topological polar surface area (TPSA) is 91.4 Å². The van der Waals surface area contributed by atoms with Gasteiger partial charge in [-0.3, -0.25) is 0 Å². The average molecular weight is 359 g/mol. The van der Waals surface area contributed by atoms with E-state index in [0.717, 1.165) is 17.8 Å². The standard InChI is InChI=1S/C15H19F2N3O3S/c1-10(24-12(5-21)6-22)15(23,7-20-9-18-8-19-20)13-3-2-11(16)4-14(13)17/h2-4,8-10,12,21-23H,5-7H2,1H3/t10-,15-/m1/s1. The predicted molar refractivity (Wildman–Crippen MR) is 85.3 cm³/mol. The van der Waals surface area contributed by atoms with Crippen molar-refractivity contribution in [3.8, 4) is 0 Å². The highest BCUT2D eigenvalue weighted by atomic mass is 32.2. The molecule has 0 radical (unpaired) electrons. The highest BCUT2D eigenvalue weighted by molar-refractivity contribution is 8.00. The van der Waals surface area contributed by atoms with E-state index in [-0.39, 0.29) is 25.3 Å². The van der Waals surface area contributed by atoms with Gasteiger partial charge in [0.2, 0.25) is 0 Å². The molecule has 2 rings (SSSR count). The maximum Gasteiger partial charge on any atom is 0.137 e. The minimum atomic E-state index is -1.75. The van der Waals surface area contributed by atoms with Crippen molar-refractivity contribution < 1.29 is 24.1 Å². The molecule has 0 saturated carbocycles. The molecule has 0 unspecified atom stereocenters. The molecule has 0 saturated heterocycles. The van der Waals surface area contributed by atoms with Crippen molar-refractivity contribution in [1.29, 1.82) is 0 Å². The molecule has 0 aliphatic rings. The number of aromatic nitrogens is 3. The normalized spacial score (nSPS) is 15.5. The van der Waals surface area contributed by atoms with E-state index in [2.05, 4.69) is 10.1 Å². The lowest BCUT2D eigenvalue weighted by molar-refractivity contribution is 0.0130. The highest BCUT2D eigenvalue weighted by Crippen LogP contribution is 2.37. The molecule has 0 fully saturated rings. The first-order chi connectivity index (χ1) is 11.4. The first-order valence-corrected chi connectivity index (χ1v) is 8.22. The Kier molecular flexibility index (Phi) is 6.27. The van der Waals surface area contributed by atoms with E-state index in [0.29, 0.717) is 6.07 Å². The van der Waals surface area contributed by atoms with Crippen LogP contribution in [0.5, 0.6) is 0 Å². The highest BCUT2D eigenvalue weighted by Gasteiger charge is 2.40. The first-order valence-electron chi connectivity index (χ1n) is 7.28. The number of rotatable bonds is 8. The largest absolute Gasteiger partial charge is 0.395 e. The summed E-state index contributed by atoms with van der Waals surface area (Å²) in [7, 11) is 0. The molecule has 0 spiro atoms. The molecule has 1 heterocycles. The lowest BCUT2D eigenvalue weighted by Gasteiger charge is -2.35. The third kappa shape index (κ3) is 4.10. The molecule has 1 aromatic heterocycles. The molecule has 3 N–H and O–H groups in total. The van der Waals surface area contributed by atoms with E-state index < -0.39 is 27.7 Å². The van der Waals surface area contributed by atoms with Gasteiger partial charge in [0.15, 0.2) is 0 Å². The molecule has 24 heavy (non-hydrogen) atoms. The van der Waals surface area contributed by atoms with Gasteiger partial charge in [0.25, 0.3) is 0 Å². The summed E-state index contributed by atoms with van der Waals surface area (Å²) >= 11 is 1.11. The quantitative estimate of drug-likeness (QED) is 0.649. The average Bonchev–Trinajstić information content (AvgIpc) is 3.04. The molecule has 0 bridgehead atoms. The van der Waals surface area contributed by atoms with Crippen molar-refractivity contribution >= 4 is 11.8 Å². The summed E-state index contributed by atoms with van der Waals surface area (Å²) in [4.78, 5) is 3.79. The Balaban J connectivity index is 2.40. The molecule has 0 aliphatic carbocycles. The monoisotopic (exact) mass is 359 g/mol. The van der Waals surface area contributed by atoms with Gasteiger partial charge in [0, 0.05) is 16.9 Å². The molecule has 132 valence electrons. The summed E-state index contributed by atoms with van der Waals surface area (Å²) in [6, 6.07) is 2.96. The number of thioether (sulfide) groups is 1. The van der Waals surface area contributed by atoms with Gasteiger partial charge in [0.1, 0.15) is 29.9 Å². The number of hydrogen-bond acceptors (Lipinski definition) is 6. The molecule has 9 heteroatoms. The molecule has 2 aromatic rings. The van der Waals surface area contributed by atoms with Crippen molar-refractivity contribution in [3.05, 3.63) is 48.1 Å². The lowest BCUT2D eigenvalue weighted by atomic mass is 9.90. The zero-order valence-corrected chi connectivity index (χ0v) is 13.8. The smallest absolute Gasteiger partial charge is 0.137 e. The third-order valence-corrected chi connectivity index (χ3v) is 5.22. The van der Waals surface area contributed by atoms with E-state index in [1.165, 1.54) is 23.4 Å². The SMILES string of the molecule is C[C@@H](SC(CO)CO)[C@](O)(Cn1cncn1)c1ccc(F)cc1F. The summed E-state index contributed by atoms with van der Waals surface area (Å²) in [5, 5.41) is 32.4. The number of hydrogen-bond donors (Lipinski definition) is 3. The Morgan fingerprint density at radius 1 is 1.29 bits per heavy atom. The Labute approximate surface area is 142 Å². The van der Waals surface area contributed by atoms with E-state index >= 15 is 0 Å².